The number of hydrogen-bond acceptors (Lipinski definition) is 4. The molecule has 23 heavy (non-hydrogen) atoms. The SMILES string of the molecule is C=CC(=O)N1CCN(c2nccc3cc([Si])ccc23)CC1C#N. The molecule has 2 aromatic rings. The van der Waals surface area contributed by atoms with E-state index in [2.05, 4.69) is 32.8 Å². The first-order chi connectivity index (χ1) is 11.1. The molecule has 1 aliphatic heterocycles. The summed E-state index contributed by atoms with van der Waals surface area (Å²) in [6, 6.07) is 9.70. The first-order valence-corrected chi connectivity index (χ1v) is 7.82. The van der Waals surface area contributed by atoms with Crippen molar-refractivity contribution in [3.8, 4) is 6.07 Å². The highest BCUT2D eigenvalue weighted by molar-refractivity contribution is 6.33. The van der Waals surface area contributed by atoms with Crippen LogP contribution in [0.25, 0.3) is 10.8 Å². The topological polar surface area (TPSA) is 60.2 Å². The molecule has 1 unspecified atom stereocenters. The Morgan fingerprint density at radius 3 is 3.00 bits per heavy atom. The predicted molar refractivity (Wildman–Crippen MR) is 90.7 cm³/mol. The molecule has 3 radical (unpaired) electrons. The molecule has 0 aliphatic carbocycles. The van der Waals surface area contributed by atoms with Gasteiger partial charge in [-0.3, -0.25) is 4.79 Å². The van der Waals surface area contributed by atoms with Crippen LogP contribution in [-0.4, -0.2) is 51.7 Å². The number of hydrogen-bond donors (Lipinski definition) is 0. The fraction of sp³-hybridized carbons (Fsp3) is 0.235. The first kappa shape index (κ1) is 15.3. The second kappa shape index (κ2) is 6.22. The summed E-state index contributed by atoms with van der Waals surface area (Å²) in [5.41, 5.74) is 0. The second-order valence-corrected chi connectivity index (χ2v) is 5.97. The highest BCUT2D eigenvalue weighted by Crippen LogP contribution is 2.25. The molecular weight excluding hydrogens is 304 g/mol. The number of anilines is 1. The minimum absolute atomic E-state index is 0.203. The zero-order chi connectivity index (χ0) is 16.4. The van der Waals surface area contributed by atoms with E-state index in [0.717, 1.165) is 21.8 Å². The molecule has 1 atom stereocenters. The number of rotatable bonds is 2. The molecule has 2 heterocycles. The van der Waals surface area contributed by atoms with E-state index in [0.29, 0.717) is 19.6 Å². The Kier molecular flexibility index (Phi) is 4.13. The molecule has 1 aromatic carbocycles. The van der Waals surface area contributed by atoms with Crippen LogP contribution in [0.5, 0.6) is 0 Å². The van der Waals surface area contributed by atoms with Crippen LogP contribution in [-0.2, 0) is 4.79 Å². The van der Waals surface area contributed by atoms with Crippen LogP contribution in [0, 0.1) is 11.3 Å². The Labute approximate surface area is 138 Å². The molecule has 5 nitrogen and oxygen atoms in total. The van der Waals surface area contributed by atoms with Crippen molar-refractivity contribution in [1.29, 1.82) is 5.26 Å². The Hall–Kier alpha value is -2.65. The molecule has 1 aliphatic rings. The number of piperazine rings is 1. The maximum atomic E-state index is 11.8. The number of benzene rings is 1. The Morgan fingerprint density at radius 2 is 2.26 bits per heavy atom. The summed E-state index contributed by atoms with van der Waals surface area (Å²) in [4.78, 5) is 20.0. The van der Waals surface area contributed by atoms with Gasteiger partial charge in [-0.15, -0.1) is 0 Å². The van der Waals surface area contributed by atoms with Gasteiger partial charge in [0, 0.05) is 24.7 Å². The number of carbonyl (C=O) groups excluding carboxylic acids is 1. The van der Waals surface area contributed by atoms with Crippen LogP contribution in [0.3, 0.4) is 0 Å². The molecule has 113 valence electrons. The van der Waals surface area contributed by atoms with Gasteiger partial charge in [0.2, 0.25) is 5.91 Å². The average molecular weight is 319 g/mol. The molecule has 6 heteroatoms. The molecule has 0 bridgehead atoms. The summed E-state index contributed by atoms with van der Waals surface area (Å²) in [7, 11) is 3.53. The van der Waals surface area contributed by atoms with E-state index < -0.39 is 6.04 Å². The average Bonchev–Trinajstić information content (AvgIpc) is 2.59. The summed E-state index contributed by atoms with van der Waals surface area (Å²) in [6.45, 7) is 5.06. The number of aromatic nitrogens is 1. The molecule has 0 saturated carbocycles. The minimum atomic E-state index is -0.499. The minimum Gasteiger partial charge on any atom is -0.351 e. The van der Waals surface area contributed by atoms with Gasteiger partial charge in [0.15, 0.2) is 0 Å². The van der Waals surface area contributed by atoms with Crippen LogP contribution in [0.2, 0.25) is 0 Å². The molecule has 1 fully saturated rings. The molecule has 1 aromatic heterocycles. The van der Waals surface area contributed by atoms with Crippen molar-refractivity contribution >= 4 is 37.9 Å². The lowest BCUT2D eigenvalue weighted by Gasteiger charge is -2.38. The summed E-state index contributed by atoms with van der Waals surface area (Å²) in [5.74, 6) is 0.644. The zero-order valence-corrected chi connectivity index (χ0v) is 13.6. The van der Waals surface area contributed by atoms with Gasteiger partial charge in [0.1, 0.15) is 11.9 Å². The third kappa shape index (κ3) is 2.83. The van der Waals surface area contributed by atoms with E-state index in [4.69, 9.17) is 0 Å². The Balaban J connectivity index is 1.94. The molecule has 0 N–H and O–H groups in total. The lowest BCUT2D eigenvalue weighted by atomic mass is 10.1. The van der Waals surface area contributed by atoms with Crippen molar-refractivity contribution in [1.82, 2.24) is 9.88 Å². The maximum Gasteiger partial charge on any atom is 0.247 e. The lowest BCUT2D eigenvalue weighted by molar-refractivity contribution is -0.127. The predicted octanol–water partition coefficient (Wildman–Crippen LogP) is 0.755. The molecular formula is C17H15N4OSi. The van der Waals surface area contributed by atoms with Gasteiger partial charge in [-0.1, -0.05) is 30.0 Å². The number of amides is 1. The summed E-state index contributed by atoms with van der Waals surface area (Å²) in [5, 5.41) is 12.5. The number of fused-ring (bicyclic) bond motifs is 1. The van der Waals surface area contributed by atoms with Crippen LogP contribution in [0.4, 0.5) is 5.82 Å². The normalized spacial score (nSPS) is 17.8. The van der Waals surface area contributed by atoms with Gasteiger partial charge in [0.25, 0.3) is 0 Å². The van der Waals surface area contributed by atoms with E-state index in [1.807, 2.05) is 24.3 Å². The largest absolute Gasteiger partial charge is 0.351 e. The highest BCUT2D eigenvalue weighted by Gasteiger charge is 2.30. The lowest BCUT2D eigenvalue weighted by Crippen LogP contribution is -2.54. The summed E-state index contributed by atoms with van der Waals surface area (Å²) in [6.07, 6.45) is 3.03. The standard InChI is InChI=1S/C17H15N4OSi/c1-2-16(22)21-8-7-20(11-13(21)10-18)17-15-4-3-14(23)9-12(15)5-6-19-17/h2-6,9,13H,1,7-8,11H2. The molecule has 0 spiro atoms. The quantitative estimate of drug-likeness (QED) is 0.605. The van der Waals surface area contributed by atoms with Crippen LogP contribution in [0.1, 0.15) is 0 Å². The van der Waals surface area contributed by atoms with Crippen LogP contribution in [0.15, 0.2) is 43.1 Å². The van der Waals surface area contributed by atoms with Crippen molar-refractivity contribution in [3.63, 3.8) is 0 Å². The third-order valence-electron chi connectivity index (χ3n) is 4.03. The van der Waals surface area contributed by atoms with Gasteiger partial charge >= 0.3 is 0 Å². The summed E-state index contributed by atoms with van der Waals surface area (Å²) >= 11 is 0. The van der Waals surface area contributed by atoms with E-state index >= 15 is 0 Å². The first-order valence-electron chi connectivity index (χ1n) is 7.32. The molecule has 1 saturated heterocycles. The fourth-order valence-corrected chi connectivity index (χ4v) is 3.12. The van der Waals surface area contributed by atoms with E-state index in [1.54, 1.807) is 11.1 Å². The van der Waals surface area contributed by atoms with Gasteiger partial charge < -0.3 is 9.80 Å². The Morgan fingerprint density at radius 1 is 1.43 bits per heavy atom. The van der Waals surface area contributed by atoms with Crippen molar-refractivity contribution < 1.29 is 4.79 Å². The van der Waals surface area contributed by atoms with E-state index in [9.17, 15) is 10.1 Å². The fourth-order valence-electron chi connectivity index (χ4n) is 2.88. The van der Waals surface area contributed by atoms with Crippen LogP contribution < -0.4 is 10.1 Å². The maximum absolute atomic E-state index is 11.8. The second-order valence-electron chi connectivity index (χ2n) is 5.40. The number of pyridine rings is 1. The van der Waals surface area contributed by atoms with Crippen molar-refractivity contribution in [3.05, 3.63) is 43.1 Å². The van der Waals surface area contributed by atoms with Gasteiger partial charge in [-0.25, -0.2) is 4.98 Å². The third-order valence-corrected chi connectivity index (χ3v) is 4.34. The number of nitrogens with zero attached hydrogens (tertiary/aromatic N) is 4. The number of nitriles is 1. The van der Waals surface area contributed by atoms with Crippen LogP contribution >= 0.6 is 0 Å². The molecule has 3 rings (SSSR count). The Bertz CT molecular complexity index is 814. The van der Waals surface area contributed by atoms with Gasteiger partial charge in [0.05, 0.1) is 22.9 Å². The summed E-state index contributed by atoms with van der Waals surface area (Å²) < 4.78 is 0. The monoisotopic (exact) mass is 319 g/mol. The van der Waals surface area contributed by atoms with Crippen molar-refractivity contribution in [2.45, 2.75) is 6.04 Å². The highest BCUT2D eigenvalue weighted by atomic mass is 28.1. The van der Waals surface area contributed by atoms with E-state index in [-0.39, 0.29) is 5.91 Å². The smallest absolute Gasteiger partial charge is 0.247 e. The van der Waals surface area contributed by atoms with Crippen molar-refractivity contribution in [2.75, 3.05) is 24.5 Å². The number of carbonyl (C=O) groups is 1. The molecule has 1 amide bonds. The van der Waals surface area contributed by atoms with Gasteiger partial charge in [-0.2, -0.15) is 5.26 Å². The van der Waals surface area contributed by atoms with Gasteiger partial charge in [-0.05, 0) is 17.5 Å². The van der Waals surface area contributed by atoms with E-state index in [1.165, 1.54) is 6.08 Å². The van der Waals surface area contributed by atoms with Crippen molar-refractivity contribution in [2.24, 2.45) is 0 Å². The zero-order valence-electron chi connectivity index (χ0n) is 12.6.